The largest absolute Gasteiger partial charge is 0.481 e. The number of carboxylic acid groups (broad SMARTS) is 1. The van der Waals surface area contributed by atoms with E-state index in [0.717, 1.165) is 44.3 Å². The Balaban J connectivity index is 1.90. The SMILES string of the molecule is C#CCCCCN(C(=O)[C@@H](NC[C@H]1CCCCN1C)[C@@H](C)CC)[C@H](C[C@@H](OC(C)=O)c1nc(C(=O)N[C@@H](Cc2ccc(N)cc2)C[C@H](C)C(=O)O)cs1)C(C)C. The number of carboxylic acids is 1. The van der Waals surface area contributed by atoms with Gasteiger partial charge in [-0.25, -0.2) is 4.98 Å². The zero-order chi connectivity index (χ0) is 41.4. The Labute approximate surface area is 338 Å². The van der Waals surface area contributed by atoms with E-state index in [2.05, 4.69) is 61.2 Å². The number of likely N-dealkylation sites (tertiary alicyclic amines) is 1. The van der Waals surface area contributed by atoms with Gasteiger partial charge in [-0.3, -0.25) is 19.2 Å². The molecule has 1 aromatic carbocycles. The molecule has 1 aliphatic rings. The van der Waals surface area contributed by atoms with Gasteiger partial charge in [0.2, 0.25) is 5.91 Å². The zero-order valence-electron chi connectivity index (χ0n) is 34.6. The summed E-state index contributed by atoms with van der Waals surface area (Å²) in [7, 11) is 2.15. The third-order valence-electron chi connectivity index (χ3n) is 11.0. The standard InChI is InChI=1S/C43H66N6O6S/c1-9-11-12-14-22-49(42(52)39(29(5)10-2)45-26-35-16-13-15-21-48(35)8)37(28(3)4)25-38(55-31(7)50)41-47-36(27-56-41)40(51)46-34(23-30(6)43(53)54)24-32-17-19-33(44)20-18-32/h1,17-20,27-30,34-35,37-39,45H,10-16,21-26,44H2,2-8H3,(H,46,51)(H,53,54)/t29-,30-,34+,35+,37+,38+,39-/m0/s1. The molecule has 3 rings (SSSR count). The number of likely N-dealkylation sites (N-methyl/N-ethyl adjacent to an activating group) is 1. The molecule has 7 atom stereocenters. The Bertz CT molecular complexity index is 1590. The summed E-state index contributed by atoms with van der Waals surface area (Å²) >= 11 is 1.22. The van der Waals surface area contributed by atoms with Crippen molar-refractivity contribution in [2.75, 3.05) is 32.4 Å². The minimum Gasteiger partial charge on any atom is -0.481 e. The van der Waals surface area contributed by atoms with Crippen LogP contribution in [-0.4, -0.2) is 94.5 Å². The number of ether oxygens (including phenoxy) is 1. The Kier molecular flexibility index (Phi) is 19.3. The van der Waals surface area contributed by atoms with Crippen molar-refractivity contribution in [3.05, 3.63) is 45.9 Å². The smallest absolute Gasteiger partial charge is 0.306 e. The minimum absolute atomic E-state index is 0.000229. The van der Waals surface area contributed by atoms with Crippen molar-refractivity contribution in [1.82, 2.24) is 25.4 Å². The molecule has 5 N–H and O–H groups in total. The molecule has 1 aromatic heterocycles. The second-order valence-electron chi connectivity index (χ2n) is 15.9. The van der Waals surface area contributed by atoms with Crippen LogP contribution in [0.5, 0.6) is 0 Å². The van der Waals surface area contributed by atoms with Crippen molar-refractivity contribution in [2.24, 2.45) is 17.8 Å². The van der Waals surface area contributed by atoms with Gasteiger partial charge in [-0.1, -0.05) is 59.6 Å². The van der Waals surface area contributed by atoms with E-state index in [9.17, 15) is 24.3 Å². The predicted molar refractivity (Wildman–Crippen MR) is 223 cm³/mol. The van der Waals surface area contributed by atoms with E-state index >= 15 is 0 Å². The maximum absolute atomic E-state index is 14.8. The van der Waals surface area contributed by atoms with Gasteiger partial charge in [0.15, 0.2) is 6.10 Å². The number of esters is 1. The Morgan fingerprint density at radius 2 is 1.84 bits per heavy atom. The first-order valence-corrected chi connectivity index (χ1v) is 21.2. The molecule has 1 saturated heterocycles. The van der Waals surface area contributed by atoms with Crippen molar-refractivity contribution in [2.45, 2.75) is 136 Å². The van der Waals surface area contributed by atoms with E-state index in [1.807, 2.05) is 17.0 Å². The van der Waals surface area contributed by atoms with Gasteiger partial charge in [0.1, 0.15) is 10.7 Å². The number of piperidine rings is 1. The summed E-state index contributed by atoms with van der Waals surface area (Å²) in [6.07, 6.45) is 12.1. The maximum Gasteiger partial charge on any atom is 0.306 e. The number of nitrogens with two attached hydrogens (primary N) is 1. The summed E-state index contributed by atoms with van der Waals surface area (Å²) < 4.78 is 5.92. The lowest BCUT2D eigenvalue weighted by atomic mass is 9.91. The first kappa shape index (κ1) is 46.4. The molecule has 1 aliphatic heterocycles. The highest BCUT2D eigenvalue weighted by molar-refractivity contribution is 7.09. The molecule has 2 aromatic rings. The fourth-order valence-electron chi connectivity index (χ4n) is 7.40. The molecule has 56 heavy (non-hydrogen) atoms. The normalized spacial score (nSPS) is 17.9. The topological polar surface area (TPSA) is 167 Å². The average molecular weight is 795 g/mol. The zero-order valence-corrected chi connectivity index (χ0v) is 35.4. The number of hydrogen-bond donors (Lipinski definition) is 4. The number of amides is 2. The second-order valence-corrected chi connectivity index (χ2v) is 16.8. The lowest BCUT2D eigenvalue weighted by Gasteiger charge is -2.40. The van der Waals surface area contributed by atoms with Crippen LogP contribution in [-0.2, 0) is 25.5 Å². The number of aliphatic carboxylic acids is 1. The predicted octanol–water partition coefficient (Wildman–Crippen LogP) is 6.32. The van der Waals surface area contributed by atoms with Crippen molar-refractivity contribution in [3.63, 3.8) is 0 Å². The minimum atomic E-state index is -0.951. The van der Waals surface area contributed by atoms with E-state index in [1.165, 1.54) is 31.1 Å². The van der Waals surface area contributed by atoms with Gasteiger partial charge >= 0.3 is 11.9 Å². The van der Waals surface area contributed by atoms with E-state index in [-0.39, 0.29) is 35.9 Å². The molecule has 0 unspecified atom stereocenters. The number of carbonyl (C=O) groups excluding carboxylic acids is 3. The third kappa shape index (κ3) is 14.5. The van der Waals surface area contributed by atoms with Gasteiger partial charge < -0.3 is 36.0 Å². The fourth-order valence-corrected chi connectivity index (χ4v) is 8.24. The summed E-state index contributed by atoms with van der Waals surface area (Å²) in [6, 6.07) is 6.42. The molecule has 0 saturated carbocycles. The molecule has 1 fully saturated rings. The number of thiazole rings is 1. The van der Waals surface area contributed by atoms with Crippen LogP contribution in [0.4, 0.5) is 5.69 Å². The number of nitrogens with zero attached hydrogens (tertiary/aromatic N) is 3. The Hall–Kier alpha value is -3.99. The molecule has 13 heteroatoms. The molecule has 0 aliphatic carbocycles. The summed E-state index contributed by atoms with van der Waals surface area (Å²) in [6.45, 7) is 13.6. The lowest BCUT2D eigenvalue weighted by Crippen LogP contribution is -2.56. The monoisotopic (exact) mass is 794 g/mol. The van der Waals surface area contributed by atoms with Crippen LogP contribution in [0.25, 0.3) is 0 Å². The number of nitrogens with one attached hydrogen (secondary N) is 2. The van der Waals surface area contributed by atoms with Gasteiger partial charge in [-0.15, -0.1) is 23.7 Å². The average Bonchev–Trinajstić information content (AvgIpc) is 3.65. The van der Waals surface area contributed by atoms with Crippen LogP contribution in [0.3, 0.4) is 0 Å². The summed E-state index contributed by atoms with van der Waals surface area (Å²) in [5.74, 6) is 0.236. The van der Waals surface area contributed by atoms with Gasteiger partial charge in [-0.2, -0.15) is 0 Å². The number of rotatable bonds is 23. The van der Waals surface area contributed by atoms with Crippen LogP contribution >= 0.6 is 11.3 Å². The quantitative estimate of drug-likeness (QED) is 0.0433. The Morgan fingerprint density at radius 3 is 2.45 bits per heavy atom. The lowest BCUT2D eigenvalue weighted by molar-refractivity contribution is -0.149. The van der Waals surface area contributed by atoms with Gasteiger partial charge in [0.05, 0.1) is 12.0 Å². The molecular weight excluding hydrogens is 729 g/mol. The van der Waals surface area contributed by atoms with Crippen molar-refractivity contribution in [1.29, 1.82) is 0 Å². The van der Waals surface area contributed by atoms with Crippen molar-refractivity contribution in [3.8, 4) is 12.3 Å². The van der Waals surface area contributed by atoms with Crippen LogP contribution in [0, 0.1) is 30.1 Å². The fraction of sp³-hybridized carbons (Fsp3) is 0.651. The molecule has 310 valence electrons. The molecule has 0 spiro atoms. The van der Waals surface area contributed by atoms with Gasteiger partial charge in [0.25, 0.3) is 5.91 Å². The molecule has 0 radical (unpaired) electrons. The maximum atomic E-state index is 14.8. The Morgan fingerprint density at radius 1 is 1.12 bits per heavy atom. The number of carbonyl (C=O) groups is 4. The highest BCUT2D eigenvalue weighted by atomic mass is 32.1. The third-order valence-corrected chi connectivity index (χ3v) is 12.0. The van der Waals surface area contributed by atoms with E-state index in [1.54, 1.807) is 24.4 Å². The molecule has 12 nitrogen and oxygen atoms in total. The highest BCUT2D eigenvalue weighted by Crippen LogP contribution is 2.32. The molecule has 0 bridgehead atoms. The number of benzene rings is 1. The van der Waals surface area contributed by atoms with Crippen molar-refractivity contribution < 1.29 is 29.0 Å². The number of aromatic nitrogens is 1. The summed E-state index contributed by atoms with van der Waals surface area (Å²) in [5, 5.41) is 18.4. The number of hydrogen-bond acceptors (Lipinski definition) is 10. The number of anilines is 1. The first-order chi connectivity index (χ1) is 26.6. The van der Waals surface area contributed by atoms with Gasteiger partial charge in [0, 0.05) is 62.0 Å². The van der Waals surface area contributed by atoms with Crippen LogP contribution in [0.1, 0.15) is 126 Å². The van der Waals surface area contributed by atoms with Crippen molar-refractivity contribution >= 4 is 40.8 Å². The highest BCUT2D eigenvalue weighted by Gasteiger charge is 2.37. The second kappa shape index (κ2) is 23.3. The number of unbranched alkanes of at least 4 members (excludes halogenated alkanes) is 2. The summed E-state index contributed by atoms with van der Waals surface area (Å²) in [5.41, 5.74) is 7.51. The first-order valence-electron chi connectivity index (χ1n) is 20.3. The van der Waals surface area contributed by atoms with E-state index in [4.69, 9.17) is 16.9 Å². The molecule has 2 heterocycles. The molecule has 2 amide bonds. The van der Waals surface area contributed by atoms with E-state index in [0.29, 0.717) is 42.5 Å². The summed E-state index contributed by atoms with van der Waals surface area (Å²) in [4.78, 5) is 61.8. The number of nitrogen functional groups attached to an aromatic ring is 1. The van der Waals surface area contributed by atoms with E-state index < -0.39 is 42.0 Å². The van der Waals surface area contributed by atoms with Crippen LogP contribution in [0.2, 0.25) is 0 Å². The molecular formula is C43H66N6O6S. The number of terminal acetylenes is 1. The van der Waals surface area contributed by atoms with Crippen LogP contribution < -0.4 is 16.4 Å². The van der Waals surface area contributed by atoms with Gasteiger partial charge in [-0.05, 0) is 81.6 Å². The van der Waals surface area contributed by atoms with Crippen LogP contribution in [0.15, 0.2) is 29.6 Å².